The van der Waals surface area contributed by atoms with Gasteiger partial charge in [-0.15, -0.1) is 0 Å². The number of ether oxygens (including phenoxy) is 1. The van der Waals surface area contributed by atoms with Gasteiger partial charge < -0.3 is 4.74 Å². The maximum Gasteiger partial charge on any atom is 0.546 e. The first-order chi connectivity index (χ1) is 11.0. The van der Waals surface area contributed by atoms with Gasteiger partial charge in [0.2, 0.25) is 0 Å². The fourth-order valence-corrected chi connectivity index (χ4v) is 1.78. The number of hydrogen-bond donors (Lipinski definition) is 0. The minimum atomic E-state index is -1.15. The summed E-state index contributed by atoms with van der Waals surface area (Å²) >= 11 is 0. The Labute approximate surface area is 133 Å². The van der Waals surface area contributed by atoms with E-state index in [0.717, 1.165) is 0 Å². The van der Waals surface area contributed by atoms with Gasteiger partial charge in [0.05, 0.1) is 4.92 Å². The molecule has 1 aromatic rings. The van der Waals surface area contributed by atoms with Gasteiger partial charge in [-0.3, -0.25) is 19.8 Å². The molecule has 0 amide bonds. The standard InChI is InChI=1S/C15H19NO7/c1-3-5-13(17)14(6-4-2)22-23-15(18)21-12-9-7-11(8-10-12)16(19)20/h7-10,14H,3-6H2,1-2H3/t14-/m0/s1. The molecular formula is C15H19NO7. The molecule has 0 fully saturated rings. The first kappa shape index (κ1) is 18.6. The second-order valence-electron chi connectivity index (χ2n) is 4.78. The Morgan fingerprint density at radius 3 is 2.35 bits per heavy atom. The molecule has 23 heavy (non-hydrogen) atoms. The van der Waals surface area contributed by atoms with Crippen molar-refractivity contribution < 1.29 is 29.0 Å². The van der Waals surface area contributed by atoms with Gasteiger partial charge in [-0.05, 0) is 25.0 Å². The van der Waals surface area contributed by atoms with Crippen molar-refractivity contribution in [3.8, 4) is 5.75 Å². The Morgan fingerprint density at radius 1 is 1.17 bits per heavy atom. The molecule has 1 atom stereocenters. The summed E-state index contributed by atoms with van der Waals surface area (Å²) in [5.41, 5.74) is -0.130. The molecule has 0 unspecified atom stereocenters. The van der Waals surface area contributed by atoms with Crippen LogP contribution in [0.3, 0.4) is 0 Å². The summed E-state index contributed by atoms with van der Waals surface area (Å²) in [5.74, 6) is -0.0754. The van der Waals surface area contributed by atoms with Crippen molar-refractivity contribution in [1.29, 1.82) is 0 Å². The molecule has 0 saturated heterocycles. The molecular weight excluding hydrogens is 306 g/mol. The molecule has 0 aliphatic carbocycles. The van der Waals surface area contributed by atoms with Crippen LogP contribution in [0.1, 0.15) is 39.5 Å². The Bertz CT molecular complexity index is 541. The van der Waals surface area contributed by atoms with Gasteiger partial charge in [0.1, 0.15) is 5.75 Å². The number of ketones is 1. The van der Waals surface area contributed by atoms with E-state index in [2.05, 4.69) is 4.89 Å². The van der Waals surface area contributed by atoms with Crippen LogP contribution >= 0.6 is 0 Å². The van der Waals surface area contributed by atoms with Crippen molar-refractivity contribution in [2.75, 3.05) is 0 Å². The SMILES string of the molecule is CCCC(=O)[C@H](CCC)OOC(=O)Oc1ccc([N+](=O)[O-])cc1. The van der Waals surface area contributed by atoms with Crippen molar-refractivity contribution in [2.24, 2.45) is 0 Å². The van der Waals surface area contributed by atoms with Gasteiger partial charge in [-0.2, -0.15) is 4.89 Å². The van der Waals surface area contributed by atoms with E-state index in [1.54, 1.807) is 0 Å². The lowest BCUT2D eigenvalue weighted by atomic mass is 10.1. The average Bonchev–Trinajstić information content (AvgIpc) is 2.52. The number of Topliss-reactive ketones (excluding diaryl/α,β-unsaturated/α-hetero) is 1. The van der Waals surface area contributed by atoms with E-state index < -0.39 is 17.2 Å². The van der Waals surface area contributed by atoms with Crippen LogP contribution in [-0.4, -0.2) is 23.0 Å². The highest BCUT2D eigenvalue weighted by molar-refractivity contribution is 5.83. The van der Waals surface area contributed by atoms with E-state index in [1.165, 1.54) is 24.3 Å². The highest BCUT2D eigenvalue weighted by Gasteiger charge is 2.21. The van der Waals surface area contributed by atoms with Crippen LogP contribution < -0.4 is 4.74 Å². The third-order valence-electron chi connectivity index (χ3n) is 2.89. The molecule has 0 saturated carbocycles. The number of nitro groups is 1. The maximum absolute atomic E-state index is 11.8. The first-order valence-electron chi connectivity index (χ1n) is 7.30. The van der Waals surface area contributed by atoms with E-state index in [0.29, 0.717) is 25.7 Å². The second-order valence-corrected chi connectivity index (χ2v) is 4.78. The zero-order valence-corrected chi connectivity index (χ0v) is 13.0. The monoisotopic (exact) mass is 325 g/mol. The van der Waals surface area contributed by atoms with Crippen LogP contribution in [0.4, 0.5) is 10.5 Å². The van der Waals surface area contributed by atoms with Gasteiger partial charge in [0.25, 0.3) is 5.69 Å². The maximum atomic E-state index is 11.8. The Kier molecular flexibility index (Phi) is 7.69. The van der Waals surface area contributed by atoms with E-state index in [4.69, 9.17) is 9.62 Å². The van der Waals surface area contributed by atoms with Crippen LogP contribution in [0.5, 0.6) is 5.75 Å². The van der Waals surface area contributed by atoms with Gasteiger partial charge in [-0.25, -0.2) is 4.79 Å². The number of non-ortho nitro benzene ring substituents is 1. The zero-order chi connectivity index (χ0) is 17.2. The molecule has 0 heterocycles. The molecule has 8 heteroatoms. The zero-order valence-electron chi connectivity index (χ0n) is 13.0. The predicted octanol–water partition coefficient (Wildman–Crippen LogP) is 3.58. The van der Waals surface area contributed by atoms with Crippen molar-refractivity contribution in [3.63, 3.8) is 0 Å². The lowest BCUT2D eigenvalue weighted by Crippen LogP contribution is -2.26. The highest BCUT2D eigenvalue weighted by Crippen LogP contribution is 2.18. The molecule has 1 rings (SSSR count). The largest absolute Gasteiger partial charge is 0.546 e. The summed E-state index contributed by atoms with van der Waals surface area (Å²) < 4.78 is 4.80. The minimum absolute atomic E-state index is 0.0659. The van der Waals surface area contributed by atoms with Crippen LogP contribution in [-0.2, 0) is 14.6 Å². The van der Waals surface area contributed by atoms with E-state index >= 15 is 0 Å². The lowest BCUT2D eigenvalue weighted by Gasteiger charge is -2.13. The number of carbonyl (C=O) groups is 2. The number of nitro benzene ring substituents is 1. The highest BCUT2D eigenvalue weighted by atomic mass is 17.2. The summed E-state index contributed by atoms with van der Waals surface area (Å²) in [7, 11) is 0. The summed E-state index contributed by atoms with van der Waals surface area (Å²) in [6, 6.07) is 4.89. The third-order valence-corrected chi connectivity index (χ3v) is 2.89. The Morgan fingerprint density at radius 2 is 1.83 bits per heavy atom. The minimum Gasteiger partial charge on any atom is -0.393 e. The van der Waals surface area contributed by atoms with Gasteiger partial charge in [0.15, 0.2) is 11.9 Å². The van der Waals surface area contributed by atoms with E-state index in [9.17, 15) is 19.7 Å². The summed E-state index contributed by atoms with van der Waals surface area (Å²) in [6.45, 7) is 3.75. The van der Waals surface area contributed by atoms with E-state index in [-0.39, 0.29) is 17.2 Å². The van der Waals surface area contributed by atoms with Gasteiger partial charge in [-0.1, -0.05) is 20.3 Å². The number of rotatable bonds is 9. The van der Waals surface area contributed by atoms with Crippen LogP contribution in [0.25, 0.3) is 0 Å². The average molecular weight is 325 g/mol. The van der Waals surface area contributed by atoms with Crippen molar-refractivity contribution in [1.82, 2.24) is 0 Å². The number of carbonyl (C=O) groups excluding carboxylic acids is 2. The fourth-order valence-electron chi connectivity index (χ4n) is 1.78. The van der Waals surface area contributed by atoms with Gasteiger partial charge in [0, 0.05) is 18.6 Å². The third kappa shape index (κ3) is 6.43. The first-order valence-corrected chi connectivity index (χ1v) is 7.30. The molecule has 0 bridgehead atoms. The summed E-state index contributed by atoms with van der Waals surface area (Å²) in [4.78, 5) is 42.6. The Hall–Kier alpha value is -2.48. The predicted molar refractivity (Wildman–Crippen MR) is 79.9 cm³/mol. The molecule has 0 radical (unpaired) electrons. The molecule has 0 aromatic heterocycles. The number of benzene rings is 1. The summed E-state index contributed by atoms with van der Waals surface area (Å²) in [6.07, 6.45) is 0.180. The molecule has 0 spiro atoms. The molecule has 0 N–H and O–H groups in total. The van der Waals surface area contributed by atoms with Crippen LogP contribution in [0.2, 0.25) is 0 Å². The molecule has 1 aromatic carbocycles. The molecule has 0 aliphatic rings. The fraction of sp³-hybridized carbons (Fsp3) is 0.467. The lowest BCUT2D eigenvalue weighted by molar-refractivity contribution is -0.384. The molecule has 0 aliphatic heterocycles. The molecule has 126 valence electrons. The van der Waals surface area contributed by atoms with Crippen LogP contribution in [0, 0.1) is 10.1 Å². The van der Waals surface area contributed by atoms with E-state index in [1.807, 2.05) is 13.8 Å². The number of nitrogens with zero attached hydrogens (tertiary/aromatic N) is 1. The molecule has 8 nitrogen and oxygen atoms in total. The quantitative estimate of drug-likeness (QED) is 0.224. The summed E-state index contributed by atoms with van der Waals surface area (Å²) in [5, 5.41) is 10.5. The number of hydrogen-bond acceptors (Lipinski definition) is 7. The topological polar surface area (TPSA) is 105 Å². The van der Waals surface area contributed by atoms with Crippen molar-refractivity contribution in [3.05, 3.63) is 34.4 Å². The van der Waals surface area contributed by atoms with Crippen molar-refractivity contribution in [2.45, 2.75) is 45.6 Å². The smallest absolute Gasteiger partial charge is 0.393 e. The Balaban J connectivity index is 2.51. The van der Waals surface area contributed by atoms with Gasteiger partial charge >= 0.3 is 6.16 Å². The normalized spacial score (nSPS) is 11.6. The van der Waals surface area contributed by atoms with Crippen LogP contribution in [0.15, 0.2) is 24.3 Å². The second kappa shape index (κ2) is 9.52. The van der Waals surface area contributed by atoms with Crippen molar-refractivity contribution >= 4 is 17.6 Å².